The van der Waals surface area contributed by atoms with Crippen LogP contribution in [0.25, 0.3) is 0 Å². The molecule has 3 heterocycles. The molecule has 0 N–H and O–H groups in total. The summed E-state index contributed by atoms with van der Waals surface area (Å²) in [5.74, 6) is 0.914. The smallest absolute Gasteiger partial charge is 0.276 e. The minimum Gasteiger partial charge on any atom is -0.361 e. The molecule has 5 heteroatoms. The van der Waals surface area contributed by atoms with Gasteiger partial charge in [-0.15, -0.1) is 0 Å². The third-order valence-electron chi connectivity index (χ3n) is 3.43. The monoisotopic (exact) mass is 257 g/mol. The Balaban J connectivity index is 1.71. The lowest BCUT2D eigenvalue weighted by Crippen LogP contribution is -2.28. The summed E-state index contributed by atoms with van der Waals surface area (Å²) >= 11 is 0. The minimum atomic E-state index is -0.0599. The molecule has 0 radical (unpaired) electrons. The van der Waals surface area contributed by atoms with E-state index in [2.05, 4.69) is 10.1 Å². The van der Waals surface area contributed by atoms with Gasteiger partial charge in [-0.05, 0) is 25.5 Å². The number of aromatic nitrogens is 2. The summed E-state index contributed by atoms with van der Waals surface area (Å²) in [4.78, 5) is 18.4. The highest BCUT2D eigenvalue weighted by atomic mass is 16.5. The molecule has 0 aliphatic carbocycles. The highest BCUT2D eigenvalue weighted by molar-refractivity contribution is 5.92. The van der Waals surface area contributed by atoms with Gasteiger partial charge in [0.05, 0.1) is 0 Å². The Hall–Kier alpha value is -2.17. The van der Waals surface area contributed by atoms with Crippen molar-refractivity contribution < 1.29 is 9.32 Å². The third-order valence-corrected chi connectivity index (χ3v) is 3.43. The largest absolute Gasteiger partial charge is 0.361 e. The second-order valence-corrected chi connectivity index (χ2v) is 4.81. The Morgan fingerprint density at radius 1 is 1.47 bits per heavy atom. The van der Waals surface area contributed by atoms with Crippen LogP contribution in [0.3, 0.4) is 0 Å². The molecule has 0 aromatic carbocycles. The fourth-order valence-corrected chi connectivity index (χ4v) is 2.43. The van der Waals surface area contributed by atoms with Crippen molar-refractivity contribution in [3.05, 3.63) is 47.6 Å². The minimum absolute atomic E-state index is 0.0599. The lowest BCUT2D eigenvalue weighted by Gasteiger charge is -2.14. The zero-order valence-corrected chi connectivity index (χ0v) is 10.7. The van der Waals surface area contributed by atoms with E-state index in [-0.39, 0.29) is 5.91 Å². The zero-order chi connectivity index (χ0) is 13.2. The van der Waals surface area contributed by atoms with Crippen LogP contribution in [0.5, 0.6) is 0 Å². The topological polar surface area (TPSA) is 59.2 Å². The second-order valence-electron chi connectivity index (χ2n) is 4.81. The number of pyridine rings is 1. The van der Waals surface area contributed by atoms with Gasteiger partial charge in [-0.3, -0.25) is 9.78 Å². The number of likely N-dealkylation sites (tertiary alicyclic amines) is 1. The Morgan fingerprint density at radius 3 is 3.05 bits per heavy atom. The number of carbonyl (C=O) groups excluding carboxylic acids is 1. The van der Waals surface area contributed by atoms with Crippen molar-refractivity contribution in [2.45, 2.75) is 19.3 Å². The van der Waals surface area contributed by atoms with Gasteiger partial charge in [0.2, 0.25) is 0 Å². The molecule has 2 aromatic rings. The van der Waals surface area contributed by atoms with E-state index in [0.29, 0.717) is 23.9 Å². The van der Waals surface area contributed by atoms with E-state index in [1.807, 2.05) is 23.1 Å². The molecule has 5 nitrogen and oxygen atoms in total. The first-order chi connectivity index (χ1) is 9.24. The molecular formula is C14H15N3O2. The first-order valence-corrected chi connectivity index (χ1v) is 6.37. The molecule has 1 fully saturated rings. The van der Waals surface area contributed by atoms with Gasteiger partial charge in [-0.1, -0.05) is 11.2 Å². The Bertz CT molecular complexity index is 579. The second kappa shape index (κ2) is 4.84. The Kier molecular flexibility index (Phi) is 3.03. The maximum Gasteiger partial charge on any atom is 0.276 e. The maximum absolute atomic E-state index is 12.2. The summed E-state index contributed by atoms with van der Waals surface area (Å²) in [5, 5.41) is 3.78. The molecule has 1 amide bonds. The molecule has 0 spiro atoms. The van der Waals surface area contributed by atoms with Crippen molar-refractivity contribution in [3.8, 4) is 0 Å². The van der Waals surface area contributed by atoms with Crippen molar-refractivity contribution in [1.82, 2.24) is 15.0 Å². The van der Waals surface area contributed by atoms with Gasteiger partial charge < -0.3 is 9.42 Å². The van der Waals surface area contributed by atoms with Crippen molar-refractivity contribution in [2.75, 3.05) is 13.1 Å². The number of hydrogen-bond donors (Lipinski definition) is 0. The molecule has 2 aromatic heterocycles. The average molecular weight is 257 g/mol. The number of rotatable bonds is 2. The predicted octanol–water partition coefficient (Wildman–Crippen LogP) is 2.01. The SMILES string of the molecule is Cc1cc(C(=O)N2CC[C@@H](c3ccccn3)C2)no1. The van der Waals surface area contributed by atoms with Crippen LogP contribution in [-0.4, -0.2) is 34.0 Å². The quantitative estimate of drug-likeness (QED) is 0.825. The van der Waals surface area contributed by atoms with Crippen molar-refractivity contribution >= 4 is 5.91 Å². The molecule has 1 aliphatic rings. The van der Waals surface area contributed by atoms with Crippen LogP contribution >= 0.6 is 0 Å². The van der Waals surface area contributed by atoms with Crippen LogP contribution in [0.1, 0.15) is 34.3 Å². The van der Waals surface area contributed by atoms with Crippen molar-refractivity contribution in [1.29, 1.82) is 0 Å². The molecule has 1 atom stereocenters. The first-order valence-electron chi connectivity index (χ1n) is 6.37. The van der Waals surface area contributed by atoms with Gasteiger partial charge in [-0.2, -0.15) is 0 Å². The number of aryl methyl sites for hydroxylation is 1. The van der Waals surface area contributed by atoms with E-state index in [1.165, 1.54) is 0 Å². The summed E-state index contributed by atoms with van der Waals surface area (Å²) in [5.41, 5.74) is 1.44. The van der Waals surface area contributed by atoms with Crippen LogP contribution in [0.2, 0.25) is 0 Å². The van der Waals surface area contributed by atoms with E-state index in [1.54, 1.807) is 19.2 Å². The van der Waals surface area contributed by atoms with Gasteiger partial charge in [-0.25, -0.2) is 0 Å². The van der Waals surface area contributed by atoms with Crippen LogP contribution in [-0.2, 0) is 0 Å². The fourth-order valence-electron chi connectivity index (χ4n) is 2.43. The van der Waals surface area contributed by atoms with E-state index in [0.717, 1.165) is 18.7 Å². The average Bonchev–Trinajstić information content (AvgIpc) is 3.08. The molecule has 1 aliphatic heterocycles. The fraction of sp³-hybridized carbons (Fsp3) is 0.357. The van der Waals surface area contributed by atoms with Gasteiger partial charge in [0.25, 0.3) is 5.91 Å². The molecular weight excluding hydrogens is 242 g/mol. The molecule has 1 saturated heterocycles. The number of amides is 1. The van der Waals surface area contributed by atoms with E-state index in [4.69, 9.17) is 4.52 Å². The summed E-state index contributed by atoms with van der Waals surface area (Å²) in [7, 11) is 0. The van der Waals surface area contributed by atoms with E-state index in [9.17, 15) is 4.79 Å². The highest BCUT2D eigenvalue weighted by Gasteiger charge is 2.29. The summed E-state index contributed by atoms with van der Waals surface area (Å²) in [6.45, 7) is 3.22. The van der Waals surface area contributed by atoms with Crippen LogP contribution in [0.4, 0.5) is 0 Å². The summed E-state index contributed by atoms with van der Waals surface area (Å²) < 4.78 is 4.95. The van der Waals surface area contributed by atoms with Crippen molar-refractivity contribution in [2.24, 2.45) is 0 Å². The van der Waals surface area contributed by atoms with E-state index >= 15 is 0 Å². The van der Waals surface area contributed by atoms with Crippen molar-refractivity contribution in [3.63, 3.8) is 0 Å². The number of hydrogen-bond acceptors (Lipinski definition) is 4. The van der Waals surface area contributed by atoms with E-state index < -0.39 is 0 Å². The lowest BCUT2D eigenvalue weighted by atomic mass is 10.0. The normalized spacial score (nSPS) is 18.8. The molecule has 0 saturated carbocycles. The Labute approximate surface area is 111 Å². The molecule has 0 bridgehead atoms. The van der Waals surface area contributed by atoms with Crippen LogP contribution in [0, 0.1) is 6.92 Å². The summed E-state index contributed by atoms with van der Waals surface area (Å²) in [6.07, 6.45) is 2.74. The van der Waals surface area contributed by atoms with Crippen LogP contribution < -0.4 is 0 Å². The molecule has 98 valence electrons. The molecule has 0 unspecified atom stereocenters. The molecule has 3 rings (SSSR count). The van der Waals surface area contributed by atoms with Gasteiger partial charge in [0.1, 0.15) is 5.76 Å². The number of carbonyl (C=O) groups is 1. The lowest BCUT2D eigenvalue weighted by molar-refractivity contribution is 0.0780. The van der Waals surface area contributed by atoms with Gasteiger partial charge >= 0.3 is 0 Å². The molecule has 19 heavy (non-hydrogen) atoms. The standard InChI is InChI=1S/C14H15N3O2/c1-10-8-13(16-19-10)14(18)17-7-5-11(9-17)12-4-2-3-6-15-12/h2-4,6,8,11H,5,7,9H2,1H3/t11-/m1/s1. The van der Waals surface area contributed by atoms with Gasteiger partial charge in [0.15, 0.2) is 5.69 Å². The number of nitrogens with zero attached hydrogens (tertiary/aromatic N) is 3. The first kappa shape index (κ1) is 11.9. The third kappa shape index (κ3) is 2.36. The van der Waals surface area contributed by atoms with Gasteiger partial charge in [0, 0.05) is 37.0 Å². The zero-order valence-electron chi connectivity index (χ0n) is 10.7. The maximum atomic E-state index is 12.2. The predicted molar refractivity (Wildman–Crippen MR) is 68.7 cm³/mol. The van der Waals surface area contributed by atoms with Crippen LogP contribution in [0.15, 0.2) is 35.0 Å². The highest BCUT2D eigenvalue weighted by Crippen LogP contribution is 2.26. The Morgan fingerprint density at radius 2 is 2.37 bits per heavy atom. The summed E-state index contributed by atoms with van der Waals surface area (Å²) in [6, 6.07) is 7.57.